The maximum atomic E-state index is 13.3. The first-order chi connectivity index (χ1) is 10.9. The predicted octanol–water partition coefficient (Wildman–Crippen LogP) is 2.80. The van der Waals surface area contributed by atoms with Gasteiger partial charge in [0.05, 0.1) is 12.9 Å². The van der Waals surface area contributed by atoms with Crippen molar-refractivity contribution in [2.75, 3.05) is 13.7 Å². The number of sulfonamides is 1. The van der Waals surface area contributed by atoms with Crippen LogP contribution < -0.4 is 9.46 Å². The summed E-state index contributed by atoms with van der Waals surface area (Å²) in [5.74, 6) is 0.105. The van der Waals surface area contributed by atoms with Gasteiger partial charge >= 0.3 is 0 Å². The number of hydrogen-bond acceptors (Lipinski definition) is 3. The van der Waals surface area contributed by atoms with Gasteiger partial charge < -0.3 is 4.74 Å². The third-order valence-electron chi connectivity index (χ3n) is 3.57. The van der Waals surface area contributed by atoms with Gasteiger partial charge in [-0.25, -0.2) is 17.5 Å². The molecule has 0 unspecified atom stereocenters. The zero-order valence-corrected chi connectivity index (χ0v) is 14.0. The third kappa shape index (κ3) is 5.04. The van der Waals surface area contributed by atoms with Crippen molar-refractivity contribution in [3.63, 3.8) is 0 Å². The van der Waals surface area contributed by atoms with E-state index in [9.17, 15) is 12.8 Å². The van der Waals surface area contributed by atoms with E-state index in [1.807, 2.05) is 25.1 Å². The average Bonchev–Trinajstić information content (AvgIpc) is 2.49. The van der Waals surface area contributed by atoms with Crippen LogP contribution in [0.4, 0.5) is 4.39 Å². The number of aryl methyl sites for hydroxylation is 1. The van der Waals surface area contributed by atoms with E-state index in [0.717, 1.165) is 11.1 Å². The lowest BCUT2D eigenvalue weighted by Gasteiger charge is -2.11. The van der Waals surface area contributed by atoms with Crippen LogP contribution in [0.1, 0.15) is 16.7 Å². The molecule has 0 fully saturated rings. The molecule has 0 atom stereocenters. The molecular formula is C17H20FNO3S. The maximum absolute atomic E-state index is 13.3. The van der Waals surface area contributed by atoms with Crippen LogP contribution in [0.5, 0.6) is 5.75 Å². The van der Waals surface area contributed by atoms with Gasteiger partial charge in [0.15, 0.2) is 0 Å². The average molecular weight is 337 g/mol. The number of rotatable bonds is 7. The molecule has 2 rings (SSSR count). The largest absolute Gasteiger partial charge is 0.496 e. The first-order valence-corrected chi connectivity index (χ1v) is 8.91. The van der Waals surface area contributed by atoms with Crippen molar-refractivity contribution in [2.24, 2.45) is 0 Å². The third-order valence-corrected chi connectivity index (χ3v) is 4.90. The van der Waals surface area contributed by atoms with Crippen molar-refractivity contribution in [3.05, 3.63) is 65.0 Å². The quantitative estimate of drug-likeness (QED) is 0.845. The van der Waals surface area contributed by atoms with Crippen LogP contribution in [0.3, 0.4) is 0 Å². The van der Waals surface area contributed by atoms with Crippen LogP contribution in [0, 0.1) is 12.7 Å². The van der Waals surface area contributed by atoms with Crippen LogP contribution in [0.2, 0.25) is 0 Å². The summed E-state index contributed by atoms with van der Waals surface area (Å²) in [5.41, 5.74) is 2.33. The van der Waals surface area contributed by atoms with Gasteiger partial charge in [0, 0.05) is 6.54 Å². The minimum absolute atomic E-state index is 0.0695. The van der Waals surface area contributed by atoms with E-state index in [0.29, 0.717) is 17.7 Å². The van der Waals surface area contributed by atoms with Gasteiger partial charge in [0.25, 0.3) is 0 Å². The highest BCUT2D eigenvalue weighted by Gasteiger charge is 2.13. The Morgan fingerprint density at radius 1 is 1.13 bits per heavy atom. The monoisotopic (exact) mass is 337 g/mol. The van der Waals surface area contributed by atoms with Crippen LogP contribution in [-0.2, 0) is 22.2 Å². The highest BCUT2D eigenvalue weighted by molar-refractivity contribution is 7.88. The molecule has 0 bridgehead atoms. The summed E-state index contributed by atoms with van der Waals surface area (Å²) in [7, 11) is -1.94. The van der Waals surface area contributed by atoms with Crippen LogP contribution >= 0.6 is 0 Å². The minimum Gasteiger partial charge on any atom is -0.496 e. The fourth-order valence-electron chi connectivity index (χ4n) is 2.31. The van der Waals surface area contributed by atoms with Crippen molar-refractivity contribution < 1.29 is 17.5 Å². The Balaban J connectivity index is 1.98. The van der Waals surface area contributed by atoms with E-state index in [-0.39, 0.29) is 18.1 Å². The molecule has 0 radical (unpaired) electrons. The molecule has 2 aromatic carbocycles. The smallest absolute Gasteiger partial charge is 0.215 e. The lowest BCUT2D eigenvalue weighted by Crippen LogP contribution is -2.27. The zero-order valence-electron chi connectivity index (χ0n) is 13.2. The Kier molecular flexibility index (Phi) is 5.74. The Bertz CT molecular complexity index is 775. The van der Waals surface area contributed by atoms with Gasteiger partial charge in [0.2, 0.25) is 10.0 Å². The van der Waals surface area contributed by atoms with Crippen molar-refractivity contribution in [1.29, 1.82) is 0 Å². The number of nitrogens with one attached hydrogen (secondary N) is 1. The number of halogens is 1. The Hall–Kier alpha value is -1.92. The number of hydrogen-bond donors (Lipinski definition) is 1. The summed E-state index contributed by atoms with van der Waals surface area (Å²) in [4.78, 5) is 0. The van der Waals surface area contributed by atoms with Gasteiger partial charge in [0.1, 0.15) is 11.6 Å². The normalized spacial score (nSPS) is 11.4. The molecular weight excluding hydrogens is 317 g/mol. The molecule has 124 valence electrons. The molecule has 0 spiro atoms. The second-order valence-electron chi connectivity index (χ2n) is 5.29. The number of methoxy groups -OCH3 is 1. The molecule has 0 aromatic heterocycles. The summed E-state index contributed by atoms with van der Waals surface area (Å²) >= 11 is 0. The molecule has 0 aliphatic carbocycles. The zero-order chi connectivity index (χ0) is 16.9. The molecule has 0 aliphatic heterocycles. The fraction of sp³-hybridized carbons (Fsp3) is 0.294. The Morgan fingerprint density at radius 3 is 2.57 bits per heavy atom. The second-order valence-corrected chi connectivity index (χ2v) is 7.09. The summed E-state index contributed by atoms with van der Waals surface area (Å²) in [6.07, 6.45) is 0.355. The summed E-state index contributed by atoms with van der Waals surface area (Å²) in [6, 6.07) is 11.6. The summed E-state index contributed by atoms with van der Waals surface area (Å²) < 4.78 is 45.3. The van der Waals surface area contributed by atoms with E-state index in [2.05, 4.69) is 4.72 Å². The molecule has 0 amide bonds. The van der Waals surface area contributed by atoms with E-state index >= 15 is 0 Å². The Morgan fingerprint density at radius 2 is 1.87 bits per heavy atom. The number of ether oxygens (including phenoxy) is 1. The molecule has 23 heavy (non-hydrogen) atoms. The fourth-order valence-corrected chi connectivity index (χ4v) is 3.56. The molecule has 0 aliphatic rings. The van der Waals surface area contributed by atoms with E-state index < -0.39 is 10.0 Å². The van der Waals surface area contributed by atoms with E-state index in [4.69, 9.17) is 4.74 Å². The SMILES string of the molecule is COc1ccc(F)cc1CCNS(=O)(=O)Cc1ccccc1C. The molecule has 6 heteroatoms. The van der Waals surface area contributed by atoms with Gasteiger partial charge in [-0.1, -0.05) is 24.3 Å². The van der Waals surface area contributed by atoms with Gasteiger partial charge in [-0.15, -0.1) is 0 Å². The Labute approximate surface area is 136 Å². The predicted molar refractivity (Wildman–Crippen MR) is 88.5 cm³/mol. The molecule has 4 nitrogen and oxygen atoms in total. The number of benzene rings is 2. The van der Waals surface area contributed by atoms with Crippen molar-refractivity contribution in [3.8, 4) is 5.75 Å². The molecule has 0 saturated carbocycles. The van der Waals surface area contributed by atoms with Gasteiger partial charge in [-0.3, -0.25) is 0 Å². The van der Waals surface area contributed by atoms with Crippen molar-refractivity contribution in [2.45, 2.75) is 19.1 Å². The topological polar surface area (TPSA) is 55.4 Å². The molecule has 0 saturated heterocycles. The lowest BCUT2D eigenvalue weighted by atomic mass is 10.1. The molecule has 0 heterocycles. The first-order valence-electron chi connectivity index (χ1n) is 7.25. The van der Waals surface area contributed by atoms with Crippen molar-refractivity contribution in [1.82, 2.24) is 4.72 Å². The van der Waals surface area contributed by atoms with E-state index in [1.54, 1.807) is 6.07 Å². The first kappa shape index (κ1) is 17.4. The van der Waals surface area contributed by atoms with Crippen molar-refractivity contribution >= 4 is 10.0 Å². The van der Waals surface area contributed by atoms with Gasteiger partial charge in [-0.2, -0.15) is 0 Å². The standard InChI is InChI=1S/C17H20FNO3S/c1-13-5-3-4-6-15(13)12-23(20,21)19-10-9-14-11-16(18)7-8-17(14)22-2/h3-8,11,19H,9-10,12H2,1-2H3. The van der Waals surface area contributed by atoms with Crippen LogP contribution in [0.25, 0.3) is 0 Å². The van der Waals surface area contributed by atoms with E-state index in [1.165, 1.54) is 25.3 Å². The lowest BCUT2D eigenvalue weighted by molar-refractivity contribution is 0.408. The maximum Gasteiger partial charge on any atom is 0.215 e. The summed E-state index contributed by atoms with van der Waals surface area (Å²) in [5, 5.41) is 0. The van der Waals surface area contributed by atoms with Crippen LogP contribution in [-0.4, -0.2) is 22.1 Å². The second kappa shape index (κ2) is 7.57. The van der Waals surface area contributed by atoms with Crippen LogP contribution in [0.15, 0.2) is 42.5 Å². The summed E-state index contributed by atoms with van der Waals surface area (Å²) in [6.45, 7) is 2.07. The minimum atomic E-state index is -3.44. The molecule has 1 N–H and O–H groups in total. The highest BCUT2D eigenvalue weighted by Crippen LogP contribution is 2.19. The van der Waals surface area contributed by atoms with Gasteiger partial charge in [-0.05, 0) is 48.2 Å². The molecule has 2 aromatic rings. The highest BCUT2D eigenvalue weighted by atomic mass is 32.2.